The summed E-state index contributed by atoms with van der Waals surface area (Å²) in [5, 5.41) is 0. The fraction of sp³-hybridized carbons (Fsp3) is 0.933. The van der Waals surface area contributed by atoms with Gasteiger partial charge in [-0.15, -0.1) is 0 Å². The molecule has 1 spiro atoms. The maximum absolute atomic E-state index is 11.9. The van der Waals surface area contributed by atoms with Crippen molar-refractivity contribution in [3.63, 3.8) is 0 Å². The molecule has 2 heteroatoms. The molecule has 0 amide bonds. The number of carbonyl (C=O) groups excluding carboxylic acids is 1. The Morgan fingerprint density at radius 3 is 2.47 bits per heavy atom. The minimum atomic E-state index is -0.0299. The standard InChI is InChI=1S/C15H24O2/c16-13-11-14(15(13)8-2-1-3-9-15)17-10-7-12-5-4-6-12/h12,14H,1-11H2. The lowest BCUT2D eigenvalue weighted by atomic mass is 9.57. The van der Waals surface area contributed by atoms with Gasteiger partial charge in [-0.05, 0) is 25.2 Å². The lowest BCUT2D eigenvalue weighted by molar-refractivity contribution is -0.169. The highest BCUT2D eigenvalue weighted by atomic mass is 16.5. The van der Waals surface area contributed by atoms with Crippen molar-refractivity contribution in [2.24, 2.45) is 11.3 Å². The van der Waals surface area contributed by atoms with Crippen LogP contribution in [0.2, 0.25) is 0 Å². The minimum absolute atomic E-state index is 0.0299. The number of rotatable bonds is 4. The average molecular weight is 236 g/mol. The first kappa shape index (κ1) is 11.7. The van der Waals surface area contributed by atoms with Gasteiger partial charge in [0.05, 0.1) is 11.5 Å². The van der Waals surface area contributed by atoms with Crippen molar-refractivity contribution < 1.29 is 9.53 Å². The third-order valence-corrected chi connectivity index (χ3v) is 5.36. The molecule has 0 aromatic heterocycles. The normalized spacial score (nSPS) is 32.2. The van der Waals surface area contributed by atoms with Gasteiger partial charge in [0.25, 0.3) is 0 Å². The van der Waals surface area contributed by atoms with Gasteiger partial charge in [-0.1, -0.05) is 38.5 Å². The second-order valence-electron chi connectivity index (χ2n) is 6.29. The fourth-order valence-electron chi connectivity index (χ4n) is 3.78. The van der Waals surface area contributed by atoms with Crippen LogP contribution in [0, 0.1) is 11.3 Å². The largest absolute Gasteiger partial charge is 0.377 e. The first-order valence-electron chi connectivity index (χ1n) is 7.46. The lowest BCUT2D eigenvalue weighted by Crippen LogP contribution is -2.56. The summed E-state index contributed by atoms with van der Waals surface area (Å²) in [4.78, 5) is 11.9. The highest BCUT2D eigenvalue weighted by molar-refractivity contribution is 5.92. The van der Waals surface area contributed by atoms with Gasteiger partial charge in [0.15, 0.2) is 0 Å². The van der Waals surface area contributed by atoms with E-state index in [1.54, 1.807) is 0 Å². The van der Waals surface area contributed by atoms with E-state index >= 15 is 0 Å². The predicted molar refractivity (Wildman–Crippen MR) is 66.8 cm³/mol. The molecular weight excluding hydrogens is 212 g/mol. The van der Waals surface area contributed by atoms with Gasteiger partial charge >= 0.3 is 0 Å². The highest BCUT2D eigenvalue weighted by Crippen LogP contribution is 2.50. The summed E-state index contributed by atoms with van der Waals surface area (Å²) in [5.74, 6) is 1.42. The van der Waals surface area contributed by atoms with Crippen LogP contribution in [0.15, 0.2) is 0 Å². The fourth-order valence-corrected chi connectivity index (χ4v) is 3.78. The third-order valence-electron chi connectivity index (χ3n) is 5.36. The van der Waals surface area contributed by atoms with Gasteiger partial charge in [-0.3, -0.25) is 4.79 Å². The first-order chi connectivity index (χ1) is 8.31. The Morgan fingerprint density at radius 1 is 1.12 bits per heavy atom. The van der Waals surface area contributed by atoms with Gasteiger partial charge in [0, 0.05) is 13.0 Å². The molecule has 1 atom stereocenters. The van der Waals surface area contributed by atoms with E-state index in [2.05, 4.69) is 0 Å². The summed E-state index contributed by atoms with van der Waals surface area (Å²) in [5.41, 5.74) is -0.0299. The molecule has 0 N–H and O–H groups in total. The van der Waals surface area contributed by atoms with Gasteiger partial charge in [0.1, 0.15) is 5.78 Å². The van der Waals surface area contributed by atoms with Crippen LogP contribution in [0.1, 0.15) is 64.2 Å². The van der Waals surface area contributed by atoms with Crippen molar-refractivity contribution in [3.8, 4) is 0 Å². The van der Waals surface area contributed by atoms with Gasteiger partial charge in [-0.25, -0.2) is 0 Å². The van der Waals surface area contributed by atoms with E-state index in [1.807, 2.05) is 0 Å². The van der Waals surface area contributed by atoms with Crippen LogP contribution >= 0.6 is 0 Å². The third kappa shape index (κ3) is 2.05. The van der Waals surface area contributed by atoms with Gasteiger partial charge in [0.2, 0.25) is 0 Å². The van der Waals surface area contributed by atoms with Crippen molar-refractivity contribution in [1.82, 2.24) is 0 Å². The molecule has 0 radical (unpaired) electrons. The van der Waals surface area contributed by atoms with Crippen LogP contribution < -0.4 is 0 Å². The van der Waals surface area contributed by atoms with Crippen molar-refractivity contribution in [2.75, 3.05) is 6.61 Å². The summed E-state index contributed by atoms with van der Waals surface area (Å²) < 4.78 is 6.03. The van der Waals surface area contributed by atoms with Crippen LogP contribution in [0.25, 0.3) is 0 Å². The molecule has 0 aromatic carbocycles. The molecular formula is C15H24O2. The van der Waals surface area contributed by atoms with E-state index in [0.29, 0.717) is 12.2 Å². The number of ether oxygens (including phenoxy) is 1. The van der Waals surface area contributed by atoms with E-state index in [-0.39, 0.29) is 11.5 Å². The number of hydrogen-bond acceptors (Lipinski definition) is 2. The van der Waals surface area contributed by atoms with Crippen LogP contribution in [-0.4, -0.2) is 18.5 Å². The maximum atomic E-state index is 11.9. The molecule has 1 unspecified atom stereocenters. The summed E-state index contributed by atoms with van der Waals surface area (Å²) in [7, 11) is 0. The second-order valence-corrected chi connectivity index (χ2v) is 6.29. The first-order valence-corrected chi connectivity index (χ1v) is 7.46. The molecule has 0 aromatic rings. The van der Waals surface area contributed by atoms with Gasteiger partial charge < -0.3 is 4.74 Å². The Labute approximate surface area is 104 Å². The highest BCUT2D eigenvalue weighted by Gasteiger charge is 2.55. The number of ketones is 1. The Bertz CT molecular complexity index is 287. The van der Waals surface area contributed by atoms with Crippen molar-refractivity contribution in [2.45, 2.75) is 70.3 Å². The summed E-state index contributed by atoms with van der Waals surface area (Å²) >= 11 is 0. The van der Waals surface area contributed by atoms with E-state index in [1.165, 1.54) is 44.9 Å². The minimum Gasteiger partial charge on any atom is -0.377 e. The smallest absolute Gasteiger partial charge is 0.144 e. The Morgan fingerprint density at radius 2 is 1.88 bits per heavy atom. The average Bonchev–Trinajstić information content (AvgIpc) is 2.32. The quantitative estimate of drug-likeness (QED) is 0.747. The molecule has 3 saturated carbocycles. The molecule has 2 nitrogen and oxygen atoms in total. The van der Waals surface area contributed by atoms with Crippen molar-refractivity contribution in [3.05, 3.63) is 0 Å². The van der Waals surface area contributed by atoms with Crippen molar-refractivity contribution in [1.29, 1.82) is 0 Å². The predicted octanol–water partition coefficient (Wildman–Crippen LogP) is 3.49. The van der Waals surface area contributed by atoms with Gasteiger partial charge in [-0.2, -0.15) is 0 Å². The topological polar surface area (TPSA) is 26.3 Å². The lowest BCUT2D eigenvalue weighted by Gasteiger charge is -2.49. The molecule has 3 rings (SSSR count). The summed E-state index contributed by atoms with van der Waals surface area (Å²) in [6.45, 7) is 0.893. The Kier molecular flexibility index (Phi) is 3.25. The van der Waals surface area contributed by atoms with Crippen LogP contribution in [0.4, 0.5) is 0 Å². The van der Waals surface area contributed by atoms with Crippen molar-refractivity contribution >= 4 is 5.78 Å². The van der Waals surface area contributed by atoms with Crippen LogP contribution in [0.3, 0.4) is 0 Å². The Hall–Kier alpha value is -0.370. The number of carbonyl (C=O) groups is 1. The summed E-state index contributed by atoms with van der Waals surface area (Å²) in [6, 6.07) is 0. The molecule has 0 heterocycles. The molecule has 3 aliphatic rings. The zero-order valence-electron chi connectivity index (χ0n) is 10.7. The molecule has 3 fully saturated rings. The van der Waals surface area contributed by atoms with Crippen LogP contribution in [-0.2, 0) is 9.53 Å². The molecule has 0 saturated heterocycles. The second kappa shape index (κ2) is 4.72. The summed E-state index contributed by atoms with van der Waals surface area (Å²) in [6.07, 6.45) is 12.4. The maximum Gasteiger partial charge on any atom is 0.144 e. The zero-order valence-corrected chi connectivity index (χ0v) is 10.7. The van der Waals surface area contributed by atoms with E-state index in [4.69, 9.17) is 4.74 Å². The molecule has 17 heavy (non-hydrogen) atoms. The van der Waals surface area contributed by atoms with Crippen LogP contribution in [0.5, 0.6) is 0 Å². The van der Waals surface area contributed by atoms with E-state index in [0.717, 1.165) is 25.4 Å². The molecule has 0 bridgehead atoms. The molecule has 3 aliphatic carbocycles. The number of Topliss-reactive ketones (excluding diaryl/α,β-unsaturated/α-hetero) is 1. The monoisotopic (exact) mass is 236 g/mol. The SMILES string of the molecule is O=C1CC(OCCC2CCC2)C12CCCCC2. The molecule has 96 valence electrons. The zero-order chi connectivity index (χ0) is 11.7. The van der Waals surface area contributed by atoms with E-state index in [9.17, 15) is 4.79 Å². The number of hydrogen-bond donors (Lipinski definition) is 0. The Balaban J connectivity index is 1.47. The molecule has 0 aliphatic heterocycles. The van der Waals surface area contributed by atoms with E-state index < -0.39 is 0 Å².